The van der Waals surface area contributed by atoms with Crippen molar-refractivity contribution in [2.24, 2.45) is 0 Å². The van der Waals surface area contributed by atoms with Gasteiger partial charge in [-0.3, -0.25) is 0 Å². The van der Waals surface area contributed by atoms with E-state index in [0.29, 0.717) is 0 Å². The average molecular weight is 1130 g/mol. The third kappa shape index (κ3) is 9.13. The van der Waals surface area contributed by atoms with Gasteiger partial charge in [0, 0.05) is 39.1 Å². The molecule has 88 heavy (non-hydrogen) atoms. The van der Waals surface area contributed by atoms with E-state index in [9.17, 15) is 0 Å². The second-order valence-corrected chi connectivity index (χ2v) is 24.0. The minimum Gasteiger partial charge on any atom is -0.455 e. The van der Waals surface area contributed by atoms with Crippen LogP contribution in [-0.4, -0.2) is 0 Å². The summed E-state index contributed by atoms with van der Waals surface area (Å²) in [7, 11) is 0. The SMILES string of the molecule is Cc1ccc(N(c2ccc3c(c2)C(c2cccc(C)c2)(c2cccc(C)c2)c2cc(N(c4ccc(C)cc4)c4ccc(-c5ccccc5C)cc4-c4ccccc4)c4c(oc5ccccc54)c2-3)c2ccc(-c3ccccc3C)cc2-c2ccccc2)cc1. The Kier molecular flexibility index (Phi) is 13.5. The van der Waals surface area contributed by atoms with Crippen LogP contribution >= 0.6 is 0 Å². The lowest BCUT2D eigenvalue weighted by atomic mass is 9.67. The number of benzene rings is 13. The van der Waals surface area contributed by atoms with Crippen molar-refractivity contribution in [3.63, 3.8) is 0 Å². The molecule has 0 spiro atoms. The molecule has 0 unspecified atom stereocenters. The van der Waals surface area contributed by atoms with Crippen LogP contribution in [-0.2, 0) is 5.41 Å². The molecule has 0 fully saturated rings. The van der Waals surface area contributed by atoms with E-state index in [2.05, 4.69) is 343 Å². The molecule has 14 aromatic rings. The maximum Gasteiger partial charge on any atom is 0.145 e. The summed E-state index contributed by atoms with van der Waals surface area (Å²) in [6.45, 7) is 13.2. The maximum atomic E-state index is 7.56. The number of rotatable bonds is 12. The van der Waals surface area contributed by atoms with Gasteiger partial charge in [0.25, 0.3) is 0 Å². The van der Waals surface area contributed by atoms with E-state index in [0.717, 1.165) is 95.0 Å². The first-order valence-corrected chi connectivity index (χ1v) is 30.6. The predicted octanol–water partition coefficient (Wildman–Crippen LogP) is 23.4. The van der Waals surface area contributed by atoms with Crippen molar-refractivity contribution < 1.29 is 4.42 Å². The number of para-hydroxylation sites is 1. The second-order valence-electron chi connectivity index (χ2n) is 24.0. The van der Waals surface area contributed by atoms with E-state index >= 15 is 0 Å². The first-order chi connectivity index (χ1) is 43.1. The lowest BCUT2D eigenvalue weighted by Gasteiger charge is -2.36. The van der Waals surface area contributed by atoms with Crippen LogP contribution in [0.1, 0.15) is 55.6 Å². The highest BCUT2D eigenvalue weighted by molar-refractivity contribution is 6.20. The monoisotopic (exact) mass is 1130 g/mol. The Balaban J connectivity index is 1.06. The molecule has 1 aromatic heterocycles. The molecule has 0 amide bonds. The number of anilines is 6. The second kappa shape index (κ2) is 22.0. The van der Waals surface area contributed by atoms with Gasteiger partial charge < -0.3 is 14.2 Å². The van der Waals surface area contributed by atoms with Crippen LogP contribution < -0.4 is 9.80 Å². The molecule has 0 atom stereocenters. The normalized spacial score (nSPS) is 12.3. The van der Waals surface area contributed by atoms with E-state index in [1.807, 2.05) is 0 Å². The van der Waals surface area contributed by atoms with Gasteiger partial charge in [0.1, 0.15) is 11.2 Å². The Bertz CT molecular complexity index is 4930. The molecule has 1 aliphatic rings. The molecule has 0 radical (unpaired) electrons. The first-order valence-electron chi connectivity index (χ1n) is 30.6. The molecule has 0 N–H and O–H groups in total. The van der Waals surface area contributed by atoms with Crippen molar-refractivity contribution in [1.29, 1.82) is 0 Å². The summed E-state index contributed by atoms with van der Waals surface area (Å²) in [6, 6.07) is 108. The van der Waals surface area contributed by atoms with Gasteiger partial charge in [-0.25, -0.2) is 0 Å². The number of nitrogens with zero attached hydrogens (tertiary/aromatic N) is 2. The summed E-state index contributed by atoms with van der Waals surface area (Å²) < 4.78 is 7.56. The van der Waals surface area contributed by atoms with E-state index in [4.69, 9.17) is 4.42 Å². The number of furan rings is 1. The van der Waals surface area contributed by atoms with Crippen molar-refractivity contribution in [2.75, 3.05) is 9.80 Å². The molecule has 3 heteroatoms. The first kappa shape index (κ1) is 53.9. The zero-order valence-electron chi connectivity index (χ0n) is 50.5. The number of hydrogen-bond acceptors (Lipinski definition) is 3. The van der Waals surface area contributed by atoms with Gasteiger partial charge >= 0.3 is 0 Å². The Hall–Kier alpha value is -10.7. The highest BCUT2D eigenvalue weighted by Gasteiger charge is 2.49. The molecule has 422 valence electrons. The summed E-state index contributed by atoms with van der Waals surface area (Å²) in [5, 5.41) is 2.11. The molecule has 15 rings (SSSR count). The Morgan fingerprint density at radius 3 is 1.33 bits per heavy atom. The lowest BCUT2D eigenvalue weighted by molar-refractivity contribution is 0.669. The van der Waals surface area contributed by atoms with Crippen molar-refractivity contribution in [2.45, 2.75) is 47.0 Å². The van der Waals surface area contributed by atoms with Crippen molar-refractivity contribution in [3.05, 3.63) is 347 Å². The maximum absolute atomic E-state index is 7.56. The van der Waals surface area contributed by atoms with Crippen molar-refractivity contribution >= 4 is 56.1 Å². The topological polar surface area (TPSA) is 19.6 Å². The highest BCUT2D eigenvalue weighted by atomic mass is 16.3. The molecule has 0 saturated carbocycles. The van der Waals surface area contributed by atoms with Crippen LogP contribution in [0, 0.1) is 41.5 Å². The summed E-state index contributed by atoms with van der Waals surface area (Å²) in [6.07, 6.45) is 0. The van der Waals surface area contributed by atoms with Gasteiger partial charge in [-0.2, -0.15) is 0 Å². The van der Waals surface area contributed by atoms with E-state index in [1.165, 1.54) is 72.3 Å². The zero-order valence-corrected chi connectivity index (χ0v) is 50.5. The minimum atomic E-state index is -0.869. The van der Waals surface area contributed by atoms with Crippen LogP contribution in [0.15, 0.2) is 296 Å². The Labute approximate surface area is 516 Å². The van der Waals surface area contributed by atoms with Crippen molar-refractivity contribution in [1.82, 2.24) is 0 Å². The molecule has 1 heterocycles. The molecule has 0 bridgehead atoms. The van der Waals surface area contributed by atoms with Gasteiger partial charge in [0.05, 0.1) is 27.9 Å². The number of fused-ring (bicyclic) bond motifs is 7. The third-order valence-corrected chi connectivity index (χ3v) is 18.3. The largest absolute Gasteiger partial charge is 0.455 e. The number of hydrogen-bond donors (Lipinski definition) is 0. The molecule has 0 aliphatic heterocycles. The molecule has 13 aromatic carbocycles. The van der Waals surface area contributed by atoms with Crippen LogP contribution in [0.2, 0.25) is 0 Å². The summed E-state index contributed by atoms with van der Waals surface area (Å²) in [5.41, 5.74) is 30.6. The predicted molar refractivity (Wildman–Crippen MR) is 371 cm³/mol. The van der Waals surface area contributed by atoms with Gasteiger partial charge in [-0.05, 0) is 187 Å². The fraction of sp³-hybridized carbons (Fsp3) is 0.0824. The fourth-order valence-electron chi connectivity index (χ4n) is 14.0. The summed E-state index contributed by atoms with van der Waals surface area (Å²) in [4.78, 5) is 5.00. The van der Waals surface area contributed by atoms with Crippen LogP contribution in [0.5, 0.6) is 0 Å². The zero-order chi connectivity index (χ0) is 59.6. The van der Waals surface area contributed by atoms with E-state index < -0.39 is 5.41 Å². The van der Waals surface area contributed by atoms with Crippen LogP contribution in [0.3, 0.4) is 0 Å². The van der Waals surface area contributed by atoms with Gasteiger partial charge in [-0.15, -0.1) is 0 Å². The lowest BCUT2D eigenvalue weighted by Crippen LogP contribution is -2.29. The molecular weight excluding hydrogens is 1060 g/mol. The molecular formula is C85H66N2O. The Morgan fingerprint density at radius 2 is 0.784 bits per heavy atom. The summed E-state index contributed by atoms with van der Waals surface area (Å²) >= 11 is 0. The average Bonchev–Trinajstić information content (AvgIpc) is 1.51. The van der Waals surface area contributed by atoms with Crippen LogP contribution in [0.25, 0.3) is 77.6 Å². The molecule has 3 nitrogen and oxygen atoms in total. The Morgan fingerprint density at radius 1 is 0.295 bits per heavy atom. The van der Waals surface area contributed by atoms with Crippen LogP contribution in [0.4, 0.5) is 34.1 Å². The fourth-order valence-corrected chi connectivity index (χ4v) is 14.0. The van der Waals surface area contributed by atoms with E-state index in [1.54, 1.807) is 0 Å². The standard InChI is InChI=1S/C85H66N2O/c1-55-35-41-67(42-36-55)86(78-47-39-63(70-31-15-13-23-59(70)5)51-74(78)61-25-9-7-10-26-61)69-45-46-72-76(53-69)85(65-29-19-21-57(3)49-65,66-30-20-22-58(4)50-66)77-54-80(83-73-33-17-18-34-81(73)88-84(83)82(72)77)87(68-43-37-56(2)38-44-68)79-48-40-64(71-32-16-14-24-60(71)6)52-75(79)62-27-11-8-12-28-62/h7-54H,1-6H3. The molecule has 0 saturated heterocycles. The van der Waals surface area contributed by atoms with Gasteiger partial charge in [0.2, 0.25) is 0 Å². The van der Waals surface area contributed by atoms with E-state index in [-0.39, 0.29) is 0 Å². The van der Waals surface area contributed by atoms with Crippen molar-refractivity contribution in [3.8, 4) is 55.6 Å². The minimum absolute atomic E-state index is 0.837. The third-order valence-electron chi connectivity index (χ3n) is 18.3. The molecule has 1 aliphatic carbocycles. The quantitative estimate of drug-likeness (QED) is 0.122. The smallest absolute Gasteiger partial charge is 0.145 e. The highest BCUT2D eigenvalue weighted by Crippen LogP contribution is 2.62. The van der Waals surface area contributed by atoms with Gasteiger partial charge in [0.15, 0.2) is 0 Å². The number of aryl methyl sites for hydroxylation is 6. The summed E-state index contributed by atoms with van der Waals surface area (Å²) in [5.74, 6) is 0. The van der Waals surface area contributed by atoms with Gasteiger partial charge in [-0.1, -0.05) is 241 Å².